The van der Waals surface area contributed by atoms with Crippen molar-refractivity contribution in [1.29, 1.82) is 0 Å². The maximum atomic E-state index is 4.52. The van der Waals surface area contributed by atoms with Gasteiger partial charge >= 0.3 is 0 Å². The third-order valence-corrected chi connectivity index (χ3v) is 3.73. The zero-order valence-electron chi connectivity index (χ0n) is 9.07. The van der Waals surface area contributed by atoms with Gasteiger partial charge in [-0.2, -0.15) is 21.4 Å². The molecule has 0 bridgehead atoms. The van der Waals surface area contributed by atoms with Crippen molar-refractivity contribution in [2.24, 2.45) is 0 Å². The molecule has 0 N–H and O–H groups in total. The van der Waals surface area contributed by atoms with Crippen molar-refractivity contribution >= 4 is 28.1 Å². The van der Waals surface area contributed by atoms with Gasteiger partial charge in [-0.25, -0.2) is 0 Å². The highest BCUT2D eigenvalue weighted by Crippen LogP contribution is 2.24. The van der Waals surface area contributed by atoms with E-state index in [1.807, 2.05) is 22.9 Å². The number of hydrogen-bond acceptors (Lipinski definition) is 6. The van der Waals surface area contributed by atoms with Crippen LogP contribution in [0.3, 0.4) is 0 Å². The van der Waals surface area contributed by atoms with Gasteiger partial charge in [0.05, 0.1) is 5.75 Å². The van der Waals surface area contributed by atoms with Gasteiger partial charge in [0, 0.05) is 18.0 Å². The molecule has 3 aromatic rings. The molecule has 0 amide bonds. The lowest BCUT2D eigenvalue weighted by atomic mass is 10.3. The number of nitrogens with zero attached hydrogens (tertiary/aromatic N) is 5. The molecule has 0 unspecified atom stereocenters. The Hall–Kier alpha value is -1.47. The SMILES string of the molecule is CSCc1nnc2sc(-c3cccnc3)nn12. The fraction of sp³-hybridized carbons (Fsp3) is 0.200. The molecule has 0 aliphatic rings. The van der Waals surface area contributed by atoms with Gasteiger partial charge in [0.2, 0.25) is 4.96 Å². The van der Waals surface area contributed by atoms with Crippen molar-refractivity contribution in [2.45, 2.75) is 5.75 Å². The number of thioether (sulfide) groups is 1. The molecule has 0 aromatic carbocycles. The van der Waals surface area contributed by atoms with Gasteiger partial charge in [0.1, 0.15) is 5.01 Å². The highest BCUT2D eigenvalue weighted by atomic mass is 32.2. The van der Waals surface area contributed by atoms with E-state index in [9.17, 15) is 0 Å². The Balaban J connectivity index is 2.08. The van der Waals surface area contributed by atoms with Gasteiger partial charge in [0.25, 0.3) is 0 Å². The van der Waals surface area contributed by atoms with E-state index in [-0.39, 0.29) is 0 Å². The topological polar surface area (TPSA) is 56.0 Å². The Labute approximate surface area is 106 Å². The molecular formula is C10H9N5S2. The van der Waals surface area contributed by atoms with Gasteiger partial charge in [-0.1, -0.05) is 11.3 Å². The molecule has 86 valence electrons. The van der Waals surface area contributed by atoms with Crippen LogP contribution in [0.2, 0.25) is 0 Å². The van der Waals surface area contributed by atoms with Crippen molar-refractivity contribution < 1.29 is 0 Å². The quantitative estimate of drug-likeness (QED) is 0.724. The number of rotatable bonds is 3. The molecule has 0 saturated carbocycles. The summed E-state index contributed by atoms with van der Waals surface area (Å²) >= 11 is 3.23. The number of hydrogen-bond donors (Lipinski definition) is 0. The fourth-order valence-corrected chi connectivity index (χ4v) is 2.77. The molecule has 0 radical (unpaired) electrons. The largest absolute Gasteiger partial charge is 0.264 e. The Kier molecular flexibility index (Phi) is 2.77. The summed E-state index contributed by atoms with van der Waals surface area (Å²) in [5, 5.41) is 13.7. The molecule has 0 saturated heterocycles. The first kappa shape index (κ1) is 10.7. The van der Waals surface area contributed by atoms with E-state index in [0.29, 0.717) is 0 Å². The molecule has 0 aliphatic carbocycles. The first-order valence-corrected chi connectivity index (χ1v) is 7.20. The Morgan fingerprint density at radius 2 is 2.35 bits per heavy atom. The predicted molar refractivity (Wildman–Crippen MR) is 69.1 cm³/mol. The molecule has 3 heterocycles. The van der Waals surface area contributed by atoms with Crippen LogP contribution in [0.1, 0.15) is 5.82 Å². The highest BCUT2D eigenvalue weighted by molar-refractivity contribution is 7.97. The summed E-state index contributed by atoms with van der Waals surface area (Å²) in [6.45, 7) is 0. The third kappa shape index (κ3) is 1.91. The second-order valence-electron chi connectivity index (χ2n) is 3.39. The normalized spacial score (nSPS) is 11.1. The van der Waals surface area contributed by atoms with Crippen LogP contribution >= 0.6 is 23.1 Å². The zero-order valence-corrected chi connectivity index (χ0v) is 10.7. The summed E-state index contributed by atoms with van der Waals surface area (Å²) < 4.78 is 1.81. The van der Waals surface area contributed by atoms with Crippen LogP contribution in [-0.4, -0.2) is 31.1 Å². The van der Waals surface area contributed by atoms with E-state index >= 15 is 0 Å². The van der Waals surface area contributed by atoms with Gasteiger partial charge in [0.15, 0.2) is 5.82 Å². The molecule has 7 heteroatoms. The molecule has 17 heavy (non-hydrogen) atoms. The van der Waals surface area contributed by atoms with Crippen LogP contribution in [0.15, 0.2) is 24.5 Å². The molecule has 0 spiro atoms. The molecule has 3 rings (SSSR count). The molecular weight excluding hydrogens is 254 g/mol. The van der Waals surface area contributed by atoms with Crippen LogP contribution < -0.4 is 0 Å². The Morgan fingerprint density at radius 3 is 3.12 bits per heavy atom. The van der Waals surface area contributed by atoms with Gasteiger partial charge in [-0.05, 0) is 18.4 Å². The number of fused-ring (bicyclic) bond motifs is 1. The van der Waals surface area contributed by atoms with Crippen molar-refractivity contribution in [3.05, 3.63) is 30.4 Å². The van der Waals surface area contributed by atoms with E-state index in [2.05, 4.69) is 20.3 Å². The van der Waals surface area contributed by atoms with Gasteiger partial charge < -0.3 is 0 Å². The summed E-state index contributed by atoms with van der Waals surface area (Å²) in [4.78, 5) is 4.92. The smallest absolute Gasteiger partial charge is 0.235 e. The molecule has 0 fully saturated rings. The maximum Gasteiger partial charge on any atom is 0.235 e. The lowest BCUT2D eigenvalue weighted by molar-refractivity contribution is 0.888. The van der Waals surface area contributed by atoms with Crippen LogP contribution in [0.25, 0.3) is 15.5 Å². The molecule has 3 aromatic heterocycles. The van der Waals surface area contributed by atoms with Crippen LogP contribution in [0.5, 0.6) is 0 Å². The van der Waals surface area contributed by atoms with Crippen LogP contribution in [0, 0.1) is 0 Å². The van der Waals surface area contributed by atoms with E-state index < -0.39 is 0 Å². The molecule has 0 atom stereocenters. The van der Waals surface area contributed by atoms with E-state index in [0.717, 1.165) is 27.1 Å². The Morgan fingerprint density at radius 1 is 1.41 bits per heavy atom. The fourth-order valence-electron chi connectivity index (χ4n) is 1.48. The third-order valence-electron chi connectivity index (χ3n) is 2.24. The van der Waals surface area contributed by atoms with E-state index in [1.54, 1.807) is 24.2 Å². The average molecular weight is 263 g/mol. The van der Waals surface area contributed by atoms with E-state index in [1.165, 1.54) is 11.3 Å². The van der Waals surface area contributed by atoms with Crippen molar-refractivity contribution in [3.63, 3.8) is 0 Å². The summed E-state index contributed by atoms with van der Waals surface area (Å²) in [7, 11) is 0. The maximum absolute atomic E-state index is 4.52. The summed E-state index contributed by atoms with van der Waals surface area (Å²) in [5.74, 6) is 1.70. The summed E-state index contributed by atoms with van der Waals surface area (Å²) in [6, 6.07) is 3.90. The second kappa shape index (κ2) is 4.42. The molecule has 5 nitrogen and oxygen atoms in total. The second-order valence-corrected chi connectivity index (χ2v) is 5.21. The first-order chi connectivity index (χ1) is 8.38. The number of pyridine rings is 1. The summed E-state index contributed by atoms with van der Waals surface area (Å²) in [6.07, 6.45) is 5.60. The van der Waals surface area contributed by atoms with Crippen molar-refractivity contribution in [3.8, 4) is 10.6 Å². The molecule has 0 aliphatic heterocycles. The minimum absolute atomic E-state index is 0.817. The highest BCUT2D eigenvalue weighted by Gasteiger charge is 2.12. The average Bonchev–Trinajstić information content (AvgIpc) is 2.93. The lowest BCUT2D eigenvalue weighted by Gasteiger charge is -1.93. The monoisotopic (exact) mass is 263 g/mol. The van der Waals surface area contributed by atoms with Crippen LogP contribution in [-0.2, 0) is 5.75 Å². The zero-order chi connectivity index (χ0) is 11.7. The van der Waals surface area contributed by atoms with E-state index in [4.69, 9.17) is 0 Å². The standard InChI is InChI=1S/C10H9N5S2/c1-16-6-8-12-13-10-15(8)14-9(17-10)7-3-2-4-11-5-7/h2-5H,6H2,1H3. The minimum atomic E-state index is 0.817. The lowest BCUT2D eigenvalue weighted by Crippen LogP contribution is -1.93. The Bertz CT molecular complexity index is 630. The van der Waals surface area contributed by atoms with Gasteiger partial charge in [-0.15, -0.1) is 10.2 Å². The summed E-state index contributed by atoms with van der Waals surface area (Å²) in [5.41, 5.74) is 1.01. The van der Waals surface area contributed by atoms with Gasteiger partial charge in [-0.3, -0.25) is 4.98 Å². The number of aromatic nitrogens is 5. The predicted octanol–water partition coefficient (Wildman–Crippen LogP) is 2.11. The van der Waals surface area contributed by atoms with Crippen molar-refractivity contribution in [1.82, 2.24) is 24.8 Å². The van der Waals surface area contributed by atoms with Crippen LogP contribution in [0.4, 0.5) is 0 Å². The first-order valence-electron chi connectivity index (χ1n) is 4.99. The minimum Gasteiger partial charge on any atom is -0.264 e. The van der Waals surface area contributed by atoms with Crippen molar-refractivity contribution in [2.75, 3.05) is 6.26 Å².